The van der Waals surface area contributed by atoms with Gasteiger partial charge >= 0.3 is 0 Å². The van der Waals surface area contributed by atoms with E-state index in [0.29, 0.717) is 11.4 Å². The van der Waals surface area contributed by atoms with E-state index < -0.39 is 11.8 Å². The van der Waals surface area contributed by atoms with Gasteiger partial charge in [-0.2, -0.15) is 0 Å². The number of carbonyl (C=O) groups is 2. The van der Waals surface area contributed by atoms with E-state index >= 15 is 0 Å². The summed E-state index contributed by atoms with van der Waals surface area (Å²) in [6, 6.07) is 3.30. The topological polar surface area (TPSA) is 110 Å². The maximum absolute atomic E-state index is 11.3. The first-order chi connectivity index (χ1) is 7.52. The van der Waals surface area contributed by atoms with Gasteiger partial charge in [0.15, 0.2) is 0 Å². The van der Waals surface area contributed by atoms with E-state index in [0.717, 1.165) is 0 Å². The van der Waals surface area contributed by atoms with E-state index in [1.54, 1.807) is 26.2 Å². The van der Waals surface area contributed by atoms with Crippen LogP contribution in [-0.2, 0) is 0 Å². The number of primary amides is 2. The van der Waals surface area contributed by atoms with Crippen LogP contribution in [0.1, 0.15) is 20.7 Å². The Morgan fingerprint density at radius 3 is 1.44 bits per heavy atom. The molecular formula is C10H14N4O2. The van der Waals surface area contributed by atoms with Gasteiger partial charge in [-0.1, -0.05) is 0 Å². The van der Waals surface area contributed by atoms with Crippen LogP contribution in [0.4, 0.5) is 11.4 Å². The van der Waals surface area contributed by atoms with Crippen molar-refractivity contribution in [1.82, 2.24) is 0 Å². The lowest BCUT2D eigenvalue weighted by molar-refractivity contribution is 0.0968. The highest BCUT2D eigenvalue weighted by Crippen LogP contribution is 2.26. The molecule has 0 radical (unpaired) electrons. The van der Waals surface area contributed by atoms with Crippen molar-refractivity contribution in [3.05, 3.63) is 23.3 Å². The molecule has 0 atom stereocenters. The van der Waals surface area contributed by atoms with Crippen LogP contribution >= 0.6 is 0 Å². The summed E-state index contributed by atoms with van der Waals surface area (Å²) in [6.07, 6.45) is 0. The van der Waals surface area contributed by atoms with Crippen LogP contribution in [0.5, 0.6) is 0 Å². The van der Waals surface area contributed by atoms with Crippen molar-refractivity contribution in [2.45, 2.75) is 0 Å². The van der Waals surface area contributed by atoms with Crippen molar-refractivity contribution in [3.8, 4) is 0 Å². The average Bonchev–Trinajstić information content (AvgIpc) is 2.26. The maximum Gasteiger partial charge on any atom is 0.251 e. The highest BCUT2D eigenvalue weighted by atomic mass is 16.2. The number of hydrogen-bond acceptors (Lipinski definition) is 4. The molecule has 86 valence electrons. The summed E-state index contributed by atoms with van der Waals surface area (Å²) in [4.78, 5) is 22.6. The van der Waals surface area contributed by atoms with Crippen LogP contribution in [0, 0.1) is 0 Å². The molecule has 0 saturated heterocycles. The summed E-state index contributed by atoms with van der Waals surface area (Å²) in [5, 5.41) is 5.57. The zero-order valence-corrected chi connectivity index (χ0v) is 9.13. The number of nitrogens with two attached hydrogens (primary N) is 2. The van der Waals surface area contributed by atoms with Crippen molar-refractivity contribution in [2.24, 2.45) is 11.5 Å². The second-order valence-corrected chi connectivity index (χ2v) is 3.14. The minimum Gasteiger partial charge on any atom is -0.387 e. The number of hydrogen-bond donors (Lipinski definition) is 4. The predicted octanol–water partition coefficient (Wildman–Crippen LogP) is -0.0322. The minimum absolute atomic E-state index is 0.0989. The molecular weight excluding hydrogens is 208 g/mol. The molecule has 6 heteroatoms. The highest BCUT2D eigenvalue weighted by Gasteiger charge is 2.20. The Morgan fingerprint density at radius 1 is 0.938 bits per heavy atom. The molecule has 0 saturated carbocycles. The van der Waals surface area contributed by atoms with E-state index in [2.05, 4.69) is 10.6 Å². The number of benzene rings is 1. The van der Waals surface area contributed by atoms with Crippen molar-refractivity contribution < 1.29 is 9.59 Å². The van der Waals surface area contributed by atoms with Crippen LogP contribution in [0.2, 0.25) is 0 Å². The highest BCUT2D eigenvalue weighted by molar-refractivity contribution is 6.13. The third kappa shape index (κ3) is 1.90. The van der Waals surface area contributed by atoms with Gasteiger partial charge in [0.25, 0.3) is 11.8 Å². The van der Waals surface area contributed by atoms with Gasteiger partial charge in [-0.25, -0.2) is 0 Å². The molecule has 0 aliphatic rings. The lowest BCUT2D eigenvalue weighted by Crippen LogP contribution is -2.23. The number of carbonyl (C=O) groups excluding carboxylic acids is 2. The standard InChI is InChI=1S/C10H14N4O2/c1-13-5-3-4-6(14-2)8(10(12)16)7(5)9(11)15/h3-4,13-14H,1-2H3,(H2,11,15)(H2,12,16). The summed E-state index contributed by atoms with van der Waals surface area (Å²) < 4.78 is 0. The molecule has 0 aromatic heterocycles. The van der Waals surface area contributed by atoms with Crippen LogP contribution in [0.25, 0.3) is 0 Å². The predicted molar refractivity (Wildman–Crippen MR) is 62.6 cm³/mol. The lowest BCUT2D eigenvalue weighted by Gasteiger charge is -2.13. The van der Waals surface area contributed by atoms with Gasteiger partial charge < -0.3 is 22.1 Å². The van der Waals surface area contributed by atoms with Crippen molar-refractivity contribution in [2.75, 3.05) is 24.7 Å². The molecule has 0 aliphatic heterocycles. The van der Waals surface area contributed by atoms with Gasteiger partial charge in [0.1, 0.15) is 0 Å². The number of amides is 2. The van der Waals surface area contributed by atoms with Crippen LogP contribution in [0.3, 0.4) is 0 Å². The summed E-state index contributed by atoms with van der Waals surface area (Å²) in [5.41, 5.74) is 11.6. The Hall–Kier alpha value is -2.24. The Kier molecular flexibility index (Phi) is 3.34. The molecule has 1 aromatic rings. The maximum atomic E-state index is 11.3. The SMILES string of the molecule is CNc1ccc(NC)c(C(N)=O)c1C(N)=O. The Bertz CT molecular complexity index is 402. The zero-order chi connectivity index (χ0) is 12.3. The Morgan fingerprint density at radius 2 is 1.25 bits per heavy atom. The molecule has 6 nitrogen and oxygen atoms in total. The number of nitrogens with one attached hydrogen (secondary N) is 2. The molecule has 6 N–H and O–H groups in total. The largest absolute Gasteiger partial charge is 0.387 e. The molecule has 0 bridgehead atoms. The monoisotopic (exact) mass is 222 g/mol. The third-order valence-corrected chi connectivity index (χ3v) is 2.24. The fourth-order valence-corrected chi connectivity index (χ4v) is 1.53. The molecule has 1 rings (SSSR count). The molecule has 16 heavy (non-hydrogen) atoms. The van der Waals surface area contributed by atoms with Gasteiger partial charge in [-0.3, -0.25) is 9.59 Å². The molecule has 1 aromatic carbocycles. The smallest absolute Gasteiger partial charge is 0.251 e. The summed E-state index contributed by atoms with van der Waals surface area (Å²) in [7, 11) is 3.26. The molecule has 0 fully saturated rings. The van der Waals surface area contributed by atoms with Crippen molar-refractivity contribution >= 4 is 23.2 Å². The van der Waals surface area contributed by atoms with E-state index in [-0.39, 0.29) is 11.1 Å². The quantitative estimate of drug-likeness (QED) is 0.573. The zero-order valence-electron chi connectivity index (χ0n) is 9.13. The van der Waals surface area contributed by atoms with E-state index in [1.807, 2.05) is 0 Å². The van der Waals surface area contributed by atoms with Gasteiger partial charge in [0, 0.05) is 25.5 Å². The van der Waals surface area contributed by atoms with Gasteiger partial charge in [-0.05, 0) is 12.1 Å². The molecule has 0 spiro atoms. The normalized spacial score (nSPS) is 9.62. The summed E-state index contributed by atoms with van der Waals surface area (Å²) in [6.45, 7) is 0. The fraction of sp³-hybridized carbons (Fsp3) is 0.200. The Labute approximate surface area is 93.0 Å². The third-order valence-electron chi connectivity index (χ3n) is 2.24. The average molecular weight is 222 g/mol. The lowest BCUT2D eigenvalue weighted by atomic mass is 10.0. The van der Waals surface area contributed by atoms with E-state index in [1.165, 1.54) is 0 Å². The summed E-state index contributed by atoms with van der Waals surface area (Å²) >= 11 is 0. The summed E-state index contributed by atoms with van der Waals surface area (Å²) in [5.74, 6) is -1.40. The molecule has 0 unspecified atom stereocenters. The first-order valence-corrected chi connectivity index (χ1v) is 4.65. The first-order valence-electron chi connectivity index (χ1n) is 4.65. The van der Waals surface area contributed by atoms with E-state index in [9.17, 15) is 9.59 Å². The van der Waals surface area contributed by atoms with Crippen LogP contribution < -0.4 is 22.1 Å². The second kappa shape index (κ2) is 4.52. The van der Waals surface area contributed by atoms with Crippen LogP contribution in [-0.4, -0.2) is 25.9 Å². The number of rotatable bonds is 4. The van der Waals surface area contributed by atoms with E-state index in [4.69, 9.17) is 11.5 Å². The minimum atomic E-state index is -0.699. The molecule has 0 aliphatic carbocycles. The van der Waals surface area contributed by atoms with Gasteiger partial charge in [0.2, 0.25) is 0 Å². The van der Waals surface area contributed by atoms with Crippen LogP contribution in [0.15, 0.2) is 12.1 Å². The van der Waals surface area contributed by atoms with Crippen molar-refractivity contribution in [1.29, 1.82) is 0 Å². The second-order valence-electron chi connectivity index (χ2n) is 3.14. The van der Waals surface area contributed by atoms with Gasteiger partial charge in [0.05, 0.1) is 11.1 Å². The van der Waals surface area contributed by atoms with Gasteiger partial charge in [-0.15, -0.1) is 0 Å². The first kappa shape index (κ1) is 11.8. The Balaban J connectivity index is 3.60. The van der Waals surface area contributed by atoms with Crippen molar-refractivity contribution in [3.63, 3.8) is 0 Å². The molecule has 2 amide bonds. The fourth-order valence-electron chi connectivity index (χ4n) is 1.53. The number of anilines is 2. The molecule has 0 heterocycles.